The Morgan fingerprint density at radius 3 is 2.76 bits per heavy atom. The van der Waals surface area contributed by atoms with Crippen LogP contribution in [-0.4, -0.2) is 26.3 Å². The zero-order chi connectivity index (χ0) is 15.5. The molecule has 6 nitrogen and oxygen atoms in total. The van der Waals surface area contributed by atoms with Gasteiger partial charge in [-0.15, -0.1) is 0 Å². The van der Waals surface area contributed by atoms with E-state index >= 15 is 0 Å². The summed E-state index contributed by atoms with van der Waals surface area (Å²) in [5.74, 6) is 0. The number of rotatable bonds is 3. The van der Waals surface area contributed by atoms with E-state index in [1.807, 2.05) is 46.0 Å². The van der Waals surface area contributed by atoms with Crippen molar-refractivity contribution in [3.63, 3.8) is 0 Å². The molecule has 0 spiro atoms. The lowest BCUT2D eigenvalue weighted by Crippen LogP contribution is -2.46. The van der Waals surface area contributed by atoms with Crippen LogP contribution in [0.25, 0.3) is 11.3 Å². The van der Waals surface area contributed by atoms with Crippen LogP contribution < -0.4 is 10.6 Å². The number of nitrogens with one attached hydrogen (secondary N) is 2. The molecule has 0 aliphatic heterocycles. The van der Waals surface area contributed by atoms with Gasteiger partial charge in [-0.1, -0.05) is 0 Å². The van der Waals surface area contributed by atoms with Gasteiger partial charge in [0, 0.05) is 30.5 Å². The number of hydrogen-bond donors (Lipinski definition) is 2. The second-order valence-electron chi connectivity index (χ2n) is 5.94. The lowest BCUT2D eigenvalue weighted by atomic mass is 10.1. The molecule has 0 radical (unpaired) electrons. The Morgan fingerprint density at radius 1 is 1.38 bits per heavy atom. The van der Waals surface area contributed by atoms with Gasteiger partial charge in [0.2, 0.25) is 0 Å². The van der Waals surface area contributed by atoms with E-state index in [4.69, 9.17) is 0 Å². The van der Waals surface area contributed by atoms with Crippen molar-refractivity contribution < 1.29 is 4.79 Å². The van der Waals surface area contributed by atoms with E-state index in [0.717, 1.165) is 17.0 Å². The maximum absolute atomic E-state index is 11.8. The number of carbonyl (C=O) groups is 1. The fourth-order valence-electron chi connectivity index (χ4n) is 1.88. The summed E-state index contributed by atoms with van der Waals surface area (Å²) in [4.78, 5) is 15.8. The van der Waals surface area contributed by atoms with Crippen LogP contribution >= 0.6 is 0 Å². The first-order valence-electron chi connectivity index (χ1n) is 6.84. The Hall–Kier alpha value is -2.37. The monoisotopic (exact) mass is 287 g/mol. The number of nitrogens with zero attached hydrogens (tertiary/aromatic N) is 3. The van der Waals surface area contributed by atoms with E-state index in [9.17, 15) is 4.79 Å². The van der Waals surface area contributed by atoms with Gasteiger partial charge in [0.05, 0.1) is 17.9 Å². The molecule has 0 aliphatic rings. The topological polar surface area (TPSA) is 71.8 Å². The molecule has 2 rings (SSSR count). The van der Waals surface area contributed by atoms with E-state index in [-0.39, 0.29) is 11.6 Å². The third-order valence-corrected chi connectivity index (χ3v) is 2.85. The smallest absolute Gasteiger partial charge is 0.315 e. The van der Waals surface area contributed by atoms with Gasteiger partial charge in [-0.25, -0.2) is 4.79 Å². The molecule has 2 aromatic rings. The van der Waals surface area contributed by atoms with Crippen LogP contribution in [0, 0.1) is 0 Å². The largest absolute Gasteiger partial charge is 0.334 e. The average Bonchev–Trinajstić information content (AvgIpc) is 2.77. The molecular formula is C15H21N5O. The average molecular weight is 287 g/mol. The highest BCUT2D eigenvalue weighted by atomic mass is 16.2. The molecule has 21 heavy (non-hydrogen) atoms. The normalized spacial score (nSPS) is 11.2. The van der Waals surface area contributed by atoms with E-state index < -0.39 is 0 Å². The minimum Gasteiger partial charge on any atom is -0.334 e. The Morgan fingerprint density at radius 2 is 2.14 bits per heavy atom. The molecule has 112 valence electrons. The number of aryl methyl sites for hydroxylation is 1. The maximum atomic E-state index is 11.8. The van der Waals surface area contributed by atoms with Crippen molar-refractivity contribution in [1.29, 1.82) is 0 Å². The molecule has 0 saturated heterocycles. The van der Waals surface area contributed by atoms with Gasteiger partial charge >= 0.3 is 6.03 Å². The fourth-order valence-corrected chi connectivity index (χ4v) is 1.88. The van der Waals surface area contributed by atoms with Crippen LogP contribution in [0.15, 0.2) is 30.6 Å². The van der Waals surface area contributed by atoms with Crippen LogP contribution in [0.4, 0.5) is 4.79 Å². The van der Waals surface area contributed by atoms with Crippen LogP contribution in [0.5, 0.6) is 0 Å². The van der Waals surface area contributed by atoms with Crippen molar-refractivity contribution in [2.75, 3.05) is 0 Å². The van der Waals surface area contributed by atoms with Gasteiger partial charge in [-0.3, -0.25) is 9.67 Å². The summed E-state index contributed by atoms with van der Waals surface area (Å²) in [5.41, 5.74) is 2.48. The van der Waals surface area contributed by atoms with Crippen LogP contribution in [-0.2, 0) is 13.6 Å². The predicted molar refractivity (Wildman–Crippen MR) is 81.6 cm³/mol. The standard InChI is InChI=1S/C15H21N5O/c1-15(2,3)18-14(21)17-10-12-8-13(19-20(12)4)11-6-5-7-16-9-11/h5-9H,10H2,1-4H3,(H2,17,18,21). The van der Waals surface area contributed by atoms with Gasteiger partial charge in [0.1, 0.15) is 0 Å². The van der Waals surface area contributed by atoms with E-state index in [1.54, 1.807) is 17.1 Å². The van der Waals surface area contributed by atoms with E-state index in [0.29, 0.717) is 6.54 Å². The minimum atomic E-state index is -0.253. The number of aromatic nitrogens is 3. The second kappa shape index (κ2) is 5.95. The quantitative estimate of drug-likeness (QED) is 0.908. The third kappa shape index (κ3) is 4.30. The van der Waals surface area contributed by atoms with Gasteiger partial charge in [0.25, 0.3) is 0 Å². The zero-order valence-electron chi connectivity index (χ0n) is 12.8. The molecule has 0 aliphatic carbocycles. The first kappa shape index (κ1) is 15.0. The number of hydrogen-bond acceptors (Lipinski definition) is 3. The highest BCUT2D eigenvalue weighted by Crippen LogP contribution is 2.17. The molecule has 2 N–H and O–H groups in total. The molecule has 0 aromatic carbocycles. The SMILES string of the molecule is Cn1nc(-c2cccnc2)cc1CNC(=O)NC(C)(C)C. The molecule has 0 unspecified atom stereocenters. The van der Waals surface area contributed by atoms with Gasteiger partial charge < -0.3 is 10.6 Å². The summed E-state index contributed by atoms with van der Waals surface area (Å²) < 4.78 is 1.76. The van der Waals surface area contributed by atoms with Crippen molar-refractivity contribution in [3.8, 4) is 11.3 Å². The molecule has 0 atom stereocenters. The number of carbonyl (C=O) groups excluding carboxylic acids is 1. The summed E-state index contributed by atoms with van der Waals surface area (Å²) in [5, 5.41) is 10.1. The minimum absolute atomic E-state index is 0.188. The van der Waals surface area contributed by atoms with Crippen LogP contribution in [0.1, 0.15) is 26.5 Å². The van der Waals surface area contributed by atoms with Gasteiger partial charge in [0.15, 0.2) is 0 Å². The molecule has 2 aromatic heterocycles. The Bertz CT molecular complexity index is 613. The summed E-state index contributed by atoms with van der Waals surface area (Å²) in [6.07, 6.45) is 3.50. The highest BCUT2D eigenvalue weighted by Gasteiger charge is 2.14. The molecule has 2 amide bonds. The van der Waals surface area contributed by atoms with Crippen molar-refractivity contribution in [1.82, 2.24) is 25.4 Å². The third-order valence-electron chi connectivity index (χ3n) is 2.85. The molecule has 0 saturated carbocycles. The number of urea groups is 1. The maximum Gasteiger partial charge on any atom is 0.315 e. The Balaban J connectivity index is 2.02. The summed E-state index contributed by atoms with van der Waals surface area (Å²) in [7, 11) is 1.86. The zero-order valence-corrected chi connectivity index (χ0v) is 12.8. The van der Waals surface area contributed by atoms with Gasteiger partial charge in [-0.05, 0) is 39.0 Å². The van der Waals surface area contributed by atoms with Crippen molar-refractivity contribution in [2.45, 2.75) is 32.9 Å². The highest BCUT2D eigenvalue weighted by molar-refractivity contribution is 5.74. The summed E-state index contributed by atoms with van der Waals surface area (Å²) in [6, 6.07) is 5.60. The fraction of sp³-hybridized carbons (Fsp3) is 0.400. The lowest BCUT2D eigenvalue weighted by Gasteiger charge is -2.20. The predicted octanol–water partition coefficient (Wildman–Crippen LogP) is 2.08. The Kier molecular flexibility index (Phi) is 4.26. The van der Waals surface area contributed by atoms with E-state index in [1.165, 1.54) is 0 Å². The first-order valence-corrected chi connectivity index (χ1v) is 6.84. The molecule has 6 heteroatoms. The van der Waals surface area contributed by atoms with Crippen LogP contribution in [0.3, 0.4) is 0 Å². The molecule has 2 heterocycles. The molecule has 0 fully saturated rings. The molecule has 0 bridgehead atoms. The number of pyridine rings is 1. The van der Waals surface area contributed by atoms with Crippen molar-refractivity contribution in [2.24, 2.45) is 7.05 Å². The second-order valence-corrected chi connectivity index (χ2v) is 5.94. The molecular weight excluding hydrogens is 266 g/mol. The van der Waals surface area contributed by atoms with Gasteiger partial charge in [-0.2, -0.15) is 5.10 Å². The van der Waals surface area contributed by atoms with E-state index in [2.05, 4.69) is 20.7 Å². The summed E-state index contributed by atoms with van der Waals surface area (Å²) in [6.45, 7) is 6.25. The van der Waals surface area contributed by atoms with Crippen LogP contribution in [0.2, 0.25) is 0 Å². The number of amides is 2. The van der Waals surface area contributed by atoms with Crippen molar-refractivity contribution in [3.05, 3.63) is 36.3 Å². The first-order chi connectivity index (χ1) is 9.85. The summed E-state index contributed by atoms with van der Waals surface area (Å²) >= 11 is 0. The Labute approximate surface area is 124 Å². The lowest BCUT2D eigenvalue weighted by molar-refractivity contribution is 0.231. The van der Waals surface area contributed by atoms with Crippen molar-refractivity contribution >= 4 is 6.03 Å².